The van der Waals surface area contributed by atoms with E-state index in [1.807, 2.05) is 50.3 Å². The van der Waals surface area contributed by atoms with Gasteiger partial charge in [0.15, 0.2) is 5.15 Å². The molecule has 1 aromatic carbocycles. The normalized spacial score (nSPS) is 11.6. The molecule has 0 saturated carbocycles. The van der Waals surface area contributed by atoms with Crippen molar-refractivity contribution < 1.29 is 9.53 Å². The van der Waals surface area contributed by atoms with Gasteiger partial charge in [0.25, 0.3) is 0 Å². The van der Waals surface area contributed by atoms with Crippen molar-refractivity contribution in [2.45, 2.75) is 20.3 Å². The summed E-state index contributed by atoms with van der Waals surface area (Å²) < 4.78 is 7.31. The molecule has 0 aliphatic carbocycles. The molecule has 8 heteroatoms. The van der Waals surface area contributed by atoms with E-state index in [1.54, 1.807) is 39.8 Å². The number of rotatable bonds is 12. The molecule has 2 rings (SSSR count). The van der Waals surface area contributed by atoms with E-state index in [0.717, 1.165) is 23.0 Å². The number of halogens is 1. The van der Waals surface area contributed by atoms with Gasteiger partial charge < -0.3 is 9.64 Å². The molecule has 160 valence electrons. The summed E-state index contributed by atoms with van der Waals surface area (Å²) in [4.78, 5) is 18.0. The number of aliphatic imine (C=N–C) groups is 1. The zero-order valence-electron chi connectivity index (χ0n) is 17.3. The zero-order chi connectivity index (χ0) is 21.8. The highest BCUT2D eigenvalue weighted by molar-refractivity contribution is 7.99. The molecule has 0 radical (unpaired) electrons. The van der Waals surface area contributed by atoms with Gasteiger partial charge in [0.1, 0.15) is 11.4 Å². The maximum Gasteiger partial charge on any atom is 0.227 e. The van der Waals surface area contributed by atoms with Crippen LogP contribution in [0.1, 0.15) is 20.3 Å². The monoisotopic (exact) mass is 446 g/mol. The van der Waals surface area contributed by atoms with Crippen molar-refractivity contribution in [2.75, 3.05) is 29.6 Å². The number of ether oxygens (including phenoxy) is 1. The van der Waals surface area contributed by atoms with Crippen LogP contribution >= 0.6 is 23.4 Å². The van der Waals surface area contributed by atoms with E-state index >= 15 is 0 Å². The number of benzene rings is 1. The highest BCUT2D eigenvalue weighted by atomic mass is 35.5. The lowest BCUT2D eigenvalue weighted by molar-refractivity contribution is -0.118. The largest absolute Gasteiger partial charge is 0.493 e. The first kappa shape index (κ1) is 23.8. The average Bonchev–Trinajstić information content (AvgIpc) is 3.13. The summed E-state index contributed by atoms with van der Waals surface area (Å²) in [5.74, 6) is 2.42. The summed E-state index contributed by atoms with van der Waals surface area (Å²) in [6.45, 7) is 8.35. The summed E-state index contributed by atoms with van der Waals surface area (Å²) in [5, 5.41) is 4.61. The molecule has 30 heavy (non-hydrogen) atoms. The lowest BCUT2D eigenvalue weighted by Gasteiger charge is -2.19. The molecule has 0 atom stereocenters. The van der Waals surface area contributed by atoms with Gasteiger partial charge in [0.05, 0.1) is 12.8 Å². The molecule has 1 heterocycles. The first-order valence-electron chi connectivity index (χ1n) is 9.67. The van der Waals surface area contributed by atoms with Crippen LogP contribution < -0.4 is 9.64 Å². The van der Waals surface area contributed by atoms with Crippen molar-refractivity contribution in [1.29, 1.82) is 0 Å². The van der Waals surface area contributed by atoms with E-state index in [9.17, 15) is 4.79 Å². The van der Waals surface area contributed by atoms with Crippen molar-refractivity contribution >= 4 is 47.4 Å². The quantitative estimate of drug-likeness (QED) is 0.256. The smallest absolute Gasteiger partial charge is 0.227 e. The lowest BCUT2D eigenvalue weighted by Crippen LogP contribution is -2.30. The predicted molar refractivity (Wildman–Crippen MR) is 128 cm³/mol. The summed E-state index contributed by atoms with van der Waals surface area (Å²) in [7, 11) is 0. The molecular formula is C22H27ClN4O2S. The van der Waals surface area contributed by atoms with Crippen molar-refractivity contribution in [3.8, 4) is 5.75 Å². The molecule has 1 amide bonds. The van der Waals surface area contributed by atoms with Crippen molar-refractivity contribution in [3.63, 3.8) is 0 Å². The number of hydrogen-bond donors (Lipinski definition) is 0. The Morgan fingerprint density at radius 2 is 2.13 bits per heavy atom. The van der Waals surface area contributed by atoms with Gasteiger partial charge in [-0.25, -0.2) is 4.68 Å². The Hall–Kier alpha value is -2.51. The number of allylic oxidation sites excluding steroid dienone is 3. The topological polar surface area (TPSA) is 59.7 Å². The number of amides is 1. The van der Waals surface area contributed by atoms with E-state index in [0.29, 0.717) is 30.4 Å². The molecule has 0 saturated heterocycles. The molecule has 0 spiro atoms. The van der Waals surface area contributed by atoms with Crippen LogP contribution in [-0.2, 0) is 4.79 Å². The predicted octanol–water partition coefficient (Wildman–Crippen LogP) is 5.17. The van der Waals surface area contributed by atoms with Crippen LogP contribution in [0.15, 0.2) is 59.9 Å². The molecule has 0 aliphatic heterocycles. The van der Waals surface area contributed by atoms with Gasteiger partial charge in [-0.15, -0.1) is 0 Å². The Kier molecular flexibility index (Phi) is 10.2. The van der Waals surface area contributed by atoms with Crippen LogP contribution in [0.3, 0.4) is 0 Å². The standard InChI is InChI=1S/C22H27ClN4O2S/c1-4-26(20-17-27(25-22(20)23)18(2)9-8-13-24-3)21(28)12-15-30-16-14-29-19-10-6-5-7-11-19/h5-11,13,17H,3-4,12,14-16H2,1-2H3/b13-8-,18-9+. The number of thioether (sulfide) groups is 1. The maximum atomic E-state index is 12.7. The van der Waals surface area contributed by atoms with E-state index < -0.39 is 0 Å². The van der Waals surface area contributed by atoms with Gasteiger partial charge >= 0.3 is 0 Å². The summed E-state index contributed by atoms with van der Waals surface area (Å²) in [6.07, 6.45) is 7.38. The second-order valence-electron chi connectivity index (χ2n) is 6.24. The average molecular weight is 447 g/mol. The van der Waals surface area contributed by atoms with Gasteiger partial charge in [-0.2, -0.15) is 16.9 Å². The van der Waals surface area contributed by atoms with E-state index in [1.165, 1.54) is 0 Å². The Morgan fingerprint density at radius 3 is 2.83 bits per heavy atom. The van der Waals surface area contributed by atoms with E-state index in [4.69, 9.17) is 16.3 Å². The Bertz CT molecular complexity index is 881. The molecule has 2 aromatic rings. The first-order chi connectivity index (χ1) is 14.6. The second kappa shape index (κ2) is 12.9. The zero-order valence-corrected chi connectivity index (χ0v) is 18.9. The molecule has 0 unspecified atom stereocenters. The van der Waals surface area contributed by atoms with Crippen LogP contribution in [0.5, 0.6) is 5.75 Å². The Balaban J connectivity index is 1.84. The fourth-order valence-corrected chi connectivity index (χ4v) is 3.59. The van der Waals surface area contributed by atoms with Crippen molar-refractivity contribution in [1.82, 2.24) is 9.78 Å². The van der Waals surface area contributed by atoms with E-state index in [2.05, 4.69) is 16.8 Å². The highest BCUT2D eigenvalue weighted by Gasteiger charge is 2.19. The molecule has 0 fully saturated rings. The minimum absolute atomic E-state index is 0.0211. The molecule has 0 aliphatic rings. The fraction of sp³-hybridized carbons (Fsp3) is 0.318. The van der Waals surface area contributed by atoms with Crippen molar-refractivity contribution in [3.05, 3.63) is 60.0 Å². The number of aromatic nitrogens is 2. The maximum absolute atomic E-state index is 12.7. The summed E-state index contributed by atoms with van der Waals surface area (Å²) in [5.41, 5.74) is 1.46. The number of carbonyl (C=O) groups excluding carboxylic acids is 1. The van der Waals surface area contributed by atoms with E-state index in [-0.39, 0.29) is 5.91 Å². The third-order valence-corrected chi connectivity index (χ3v) is 5.37. The number of nitrogens with zero attached hydrogens (tertiary/aromatic N) is 4. The van der Waals surface area contributed by atoms with Crippen LogP contribution in [0.2, 0.25) is 5.15 Å². The minimum atomic E-state index is 0.0211. The molecular weight excluding hydrogens is 420 g/mol. The van der Waals surface area contributed by atoms with Gasteiger partial charge in [-0.3, -0.25) is 9.79 Å². The number of hydrogen-bond acceptors (Lipinski definition) is 5. The van der Waals surface area contributed by atoms with Gasteiger partial charge in [0, 0.05) is 36.4 Å². The van der Waals surface area contributed by atoms with Crippen LogP contribution in [-0.4, -0.2) is 47.1 Å². The van der Waals surface area contributed by atoms with Crippen molar-refractivity contribution in [2.24, 2.45) is 4.99 Å². The third kappa shape index (κ3) is 7.39. The highest BCUT2D eigenvalue weighted by Crippen LogP contribution is 2.26. The second-order valence-corrected chi connectivity index (χ2v) is 7.83. The fourth-order valence-electron chi connectivity index (χ4n) is 2.64. The molecule has 0 N–H and O–H groups in total. The minimum Gasteiger partial charge on any atom is -0.493 e. The van der Waals surface area contributed by atoms with Gasteiger partial charge in [0.2, 0.25) is 5.91 Å². The number of anilines is 1. The van der Waals surface area contributed by atoms with Crippen LogP contribution in [0.25, 0.3) is 5.70 Å². The molecule has 6 nitrogen and oxygen atoms in total. The number of carbonyl (C=O) groups is 1. The van der Waals surface area contributed by atoms with Crippen LogP contribution in [0.4, 0.5) is 5.69 Å². The SMILES string of the molecule is C=N/C=C\C=C(/C)n1cc(N(CC)C(=O)CCSCCOc2ccccc2)c(Cl)n1. The van der Waals surface area contributed by atoms with Gasteiger partial charge in [-0.1, -0.05) is 29.8 Å². The first-order valence-corrected chi connectivity index (χ1v) is 11.2. The lowest BCUT2D eigenvalue weighted by atomic mass is 10.3. The van der Waals surface area contributed by atoms with Crippen LogP contribution in [0, 0.1) is 0 Å². The third-order valence-electron chi connectivity index (χ3n) is 4.15. The summed E-state index contributed by atoms with van der Waals surface area (Å²) in [6, 6.07) is 9.71. The molecule has 0 bridgehead atoms. The number of para-hydroxylation sites is 1. The summed E-state index contributed by atoms with van der Waals surface area (Å²) >= 11 is 8.00. The molecule has 1 aromatic heterocycles. The van der Waals surface area contributed by atoms with Gasteiger partial charge in [-0.05, 0) is 44.8 Å². The Labute approximate surface area is 187 Å². The Morgan fingerprint density at radius 1 is 1.37 bits per heavy atom.